The van der Waals surface area contributed by atoms with Crippen LogP contribution < -0.4 is 0 Å². The number of ether oxygens (including phenoxy) is 2. The van der Waals surface area contributed by atoms with Gasteiger partial charge in [-0.25, -0.2) is 4.79 Å². The number of carbonyl (C=O) groups is 2. The number of likely N-dealkylation sites (tertiary alicyclic amines) is 1. The second kappa shape index (κ2) is 5.24. The number of aliphatic carboxylic acids is 1. The quantitative estimate of drug-likeness (QED) is 0.794. The van der Waals surface area contributed by atoms with Crippen LogP contribution in [0.2, 0.25) is 0 Å². The number of carboxylic acids is 1. The third-order valence-electron chi connectivity index (χ3n) is 4.11. The maximum Gasteiger partial charge on any atom is 0.410 e. The zero-order valence-electron chi connectivity index (χ0n) is 12.3. The summed E-state index contributed by atoms with van der Waals surface area (Å²) in [5, 5.41) is 9.46. The molecule has 2 aliphatic rings. The lowest BCUT2D eigenvalue weighted by Crippen LogP contribution is -2.53. The summed E-state index contributed by atoms with van der Waals surface area (Å²) in [6.45, 7) is 7.22. The normalized spacial score (nSPS) is 30.6. The molecule has 0 aromatic carbocycles. The van der Waals surface area contributed by atoms with E-state index in [4.69, 9.17) is 9.47 Å². The fraction of sp³-hybridized carbons (Fsp3) is 0.857. The van der Waals surface area contributed by atoms with Crippen LogP contribution in [-0.2, 0) is 14.3 Å². The van der Waals surface area contributed by atoms with Crippen molar-refractivity contribution in [3.05, 3.63) is 0 Å². The highest BCUT2D eigenvalue weighted by atomic mass is 16.6. The third kappa shape index (κ3) is 3.06. The summed E-state index contributed by atoms with van der Waals surface area (Å²) in [7, 11) is 0. The van der Waals surface area contributed by atoms with Crippen LogP contribution in [0, 0.1) is 11.3 Å². The molecule has 2 atom stereocenters. The van der Waals surface area contributed by atoms with Crippen molar-refractivity contribution in [3.8, 4) is 0 Å². The number of carboxylic acid groups (broad SMARTS) is 1. The summed E-state index contributed by atoms with van der Waals surface area (Å²) < 4.78 is 10.7. The van der Waals surface area contributed by atoms with E-state index in [1.165, 1.54) is 4.90 Å². The number of amides is 1. The zero-order chi connectivity index (χ0) is 15.0. The van der Waals surface area contributed by atoms with Crippen LogP contribution in [0.5, 0.6) is 0 Å². The van der Waals surface area contributed by atoms with Gasteiger partial charge >= 0.3 is 12.1 Å². The molecule has 0 aromatic heterocycles. The molecule has 0 bridgehead atoms. The standard InChI is InChI=1S/C14H23NO5/c1-13(2,3)20-12(18)15-6-4-14(5-7-19-9-14)10(8-15)11(16)17/h10H,4-9H2,1-3H3,(H,16,17). The Labute approximate surface area is 119 Å². The molecule has 2 aliphatic heterocycles. The number of carbonyl (C=O) groups excluding carboxylic acids is 1. The Morgan fingerprint density at radius 2 is 2.05 bits per heavy atom. The van der Waals surface area contributed by atoms with Crippen LogP contribution in [0.1, 0.15) is 33.6 Å². The third-order valence-corrected chi connectivity index (χ3v) is 4.11. The molecule has 6 nitrogen and oxygen atoms in total. The lowest BCUT2D eigenvalue weighted by Gasteiger charge is -2.43. The molecule has 0 saturated carbocycles. The maximum absolute atomic E-state index is 12.1. The second-order valence-electron chi connectivity index (χ2n) is 6.73. The lowest BCUT2D eigenvalue weighted by atomic mass is 9.70. The van der Waals surface area contributed by atoms with E-state index in [0.29, 0.717) is 26.2 Å². The first kappa shape index (κ1) is 15.1. The number of hydrogen-bond donors (Lipinski definition) is 1. The maximum atomic E-state index is 12.1. The van der Waals surface area contributed by atoms with Gasteiger partial charge in [-0.1, -0.05) is 0 Å². The van der Waals surface area contributed by atoms with Crippen molar-refractivity contribution in [2.75, 3.05) is 26.3 Å². The van der Waals surface area contributed by atoms with Crippen LogP contribution in [0.3, 0.4) is 0 Å². The average molecular weight is 285 g/mol. The van der Waals surface area contributed by atoms with E-state index in [1.54, 1.807) is 20.8 Å². The fourth-order valence-corrected chi connectivity index (χ4v) is 2.96. The van der Waals surface area contributed by atoms with Gasteiger partial charge in [0.1, 0.15) is 5.60 Å². The predicted molar refractivity (Wildman–Crippen MR) is 71.4 cm³/mol. The Hall–Kier alpha value is -1.30. The average Bonchev–Trinajstić information content (AvgIpc) is 2.76. The molecular formula is C14H23NO5. The molecule has 0 aromatic rings. The SMILES string of the molecule is CC(C)(C)OC(=O)N1CCC2(CCOC2)C(C(=O)O)C1. The molecule has 1 amide bonds. The van der Waals surface area contributed by atoms with E-state index in [0.717, 1.165) is 6.42 Å². The largest absolute Gasteiger partial charge is 0.481 e. The van der Waals surface area contributed by atoms with E-state index < -0.39 is 23.6 Å². The molecule has 6 heteroatoms. The molecule has 2 unspecified atom stereocenters. The number of nitrogens with zero attached hydrogens (tertiary/aromatic N) is 1. The number of hydrogen-bond acceptors (Lipinski definition) is 4. The fourth-order valence-electron chi connectivity index (χ4n) is 2.96. The monoisotopic (exact) mass is 285 g/mol. The van der Waals surface area contributed by atoms with E-state index >= 15 is 0 Å². The van der Waals surface area contributed by atoms with E-state index in [1.807, 2.05) is 0 Å². The van der Waals surface area contributed by atoms with Crippen LogP contribution in [0.25, 0.3) is 0 Å². The van der Waals surface area contributed by atoms with Gasteiger partial charge in [0.25, 0.3) is 0 Å². The van der Waals surface area contributed by atoms with Gasteiger partial charge in [-0.3, -0.25) is 4.79 Å². The van der Waals surface area contributed by atoms with Crippen LogP contribution >= 0.6 is 0 Å². The van der Waals surface area contributed by atoms with E-state index in [2.05, 4.69) is 0 Å². The molecular weight excluding hydrogens is 262 g/mol. The Morgan fingerprint density at radius 3 is 2.55 bits per heavy atom. The Kier molecular flexibility index (Phi) is 3.95. The minimum atomic E-state index is -0.858. The highest BCUT2D eigenvalue weighted by molar-refractivity contribution is 5.74. The first-order valence-corrected chi connectivity index (χ1v) is 7.02. The Balaban J connectivity index is 2.07. The van der Waals surface area contributed by atoms with Crippen molar-refractivity contribution in [1.29, 1.82) is 0 Å². The highest BCUT2D eigenvalue weighted by Crippen LogP contribution is 2.43. The molecule has 0 aliphatic carbocycles. The van der Waals surface area contributed by atoms with Crippen LogP contribution in [-0.4, -0.2) is 54.0 Å². The minimum Gasteiger partial charge on any atom is -0.481 e. The minimum absolute atomic E-state index is 0.202. The smallest absolute Gasteiger partial charge is 0.410 e. The van der Waals surface area contributed by atoms with E-state index in [-0.39, 0.29) is 12.0 Å². The Morgan fingerprint density at radius 1 is 1.35 bits per heavy atom. The van der Waals surface area contributed by atoms with Crippen molar-refractivity contribution >= 4 is 12.1 Å². The van der Waals surface area contributed by atoms with Crippen LogP contribution in [0.4, 0.5) is 4.79 Å². The van der Waals surface area contributed by atoms with Gasteiger partial charge in [-0.2, -0.15) is 0 Å². The van der Waals surface area contributed by atoms with Gasteiger partial charge in [-0.05, 0) is 33.6 Å². The van der Waals surface area contributed by atoms with Crippen molar-refractivity contribution in [2.45, 2.75) is 39.2 Å². The van der Waals surface area contributed by atoms with Gasteiger partial charge < -0.3 is 19.5 Å². The molecule has 114 valence electrons. The van der Waals surface area contributed by atoms with Crippen molar-refractivity contribution in [3.63, 3.8) is 0 Å². The summed E-state index contributed by atoms with van der Waals surface area (Å²) >= 11 is 0. The molecule has 1 N–H and O–H groups in total. The number of rotatable bonds is 1. The van der Waals surface area contributed by atoms with Crippen LogP contribution in [0.15, 0.2) is 0 Å². The molecule has 2 rings (SSSR count). The van der Waals surface area contributed by atoms with Gasteiger partial charge in [0.05, 0.1) is 12.5 Å². The van der Waals surface area contributed by atoms with Gasteiger partial charge in [-0.15, -0.1) is 0 Å². The molecule has 0 radical (unpaired) electrons. The predicted octanol–water partition coefficient (Wildman–Crippen LogP) is 1.73. The van der Waals surface area contributed by atoms with Gasteiger partial charge in [0.2, 0.25) is 0 Å². The second-order valence-corrected chi connectivity index (χ2v) is 6.73. The summed E-state index contributed by atoms with van der Waals surface area (Å²) in [6.07, 6.45) is 0.979. The molecule has 2 saturated heterocycles. The highest BCUT2D eigenvalue weighted by Gasteiger charge is 2.50. The van der Waals surface area contributed by atoms with Crippen molar-refractivity contribution < 1.29 is 24.2 Å². The first-order valence-electron chi connectivity index (χ1n) is 7.02. The Bertz CT molecular complexity index is 395. The molecule has 20 heavy (non-hydrogen) atoms. The molecule has 2 heterocycles. The molecule has 2 fully saturated rings. The lowest BCUT2D eigenvalue weighted by molar-refractivity contribution is -0.150. The first-order chi connectivity index (χ1) is 9.23. The zero-order valence-corrected chi connectivity index (χ0v) is 12.3. The van der Waals surface area contributed by atoms with Crippen molar-refractivity contribution in [2.24, 2.45) is 11.3 Å². The topological polar surface area (TPSA) is 76.1 Å². The van der Waals surface area contributed by atoms with Gasteiger partial charge in [0.15, 0.2) is 0 Å². The summed E-state index contributed by atoms with van der Waals surface area (Å²) in [5.74, 6) is -1.44. The summed E-state index contributed by atoms with van der Waals surface area (Å²) in [5.41, 5.74) is -0.883. The number of piperidine rings is 1. The summed E-state index contributed by atoms with van der Waals surface area (Å²) in [4.78, 5) is 25.1. The van der Waals surface area contributed by atoms with Gasteiger partial charge in [0, 0.05) is 25.1 Å². The molecule has 1 spiro atoms. The van der Waals surface area contributed by atoms with Crippen molar-refractivity contribution in [1.82, 2.24) is 4.90 Å². The summed E-state index contributed by atoms with van der Waals surface area (Å²) in [6, 6.07) is 0. The van der Waals surface area contributed by atoms with E-state index in [9.17, 15) is 14.7 Å².